The minimum atomic E-state index is -1.05. The van der Waals surface area contributed by atoms with Crippen molar-refractivity contribution in [1.29, 1.82) is 0 Å². The fraction of sp³-hybridized carbons (Fsp3) is 0.294. The van der Waals surface area contributed by atoms with Crippen molar-refractivity contribution in [3.63, 3.8) is 0 Å². The third kappa shape index (κ3) is 3.36. The summed E-state index contributed by atoms with van der Waals surface area (Å²) >= 11 is 0. The van der Waals surface area contributed by atoms with Gasteiger partial charge in [-0.15, -0.1) is 0 Å². The summed E-state index contributed by atoms with van der Waals surface area (Å²) in [6.45, 7) is 5.78. The lowest BCUT2D eigenvalue weighted by molar-refractivity contribution is -0.139. The second kappa shape index (κ2) is 6.47. The number of hydrogen-bond acceptors (Lipinski definition) is 2. The molecule has 1 aromatic heterocycles. The first kappa shape index (κ1) is 15.8. The number of aliphatic carboxylic acids is 1. The summed E-state index contributed by atoms with van der Waals surface area (Å²) in [5.41, 5.74) is 3.43. The number of allylic oxidation sites excluding steroid dienone is 1. The van der Waals surface area contributed by atoms with Gasteiger partial charge in [0.1, 0.15) is 11.7 Å². The minimum absolute atomic E-state index is 0.260. The van der Waals surface area contributed by atoms with E-state index in [0.717, 1.165) is 22.0 Å². The van der Waals surface area contributed by atoms with Gasteiger partial charge < -0.3 is 15.4 Å². The first-order valence-electron chi connectivity index (χ1n) is 7.17. The Hall–Kier alpha value is -2.56. The molecule has 0 saturated heterocycles. The molecule has 1 unspecified atom stereocenters. The summed E-state index contributed by atoms with van der Waals surface area (Å²) in [7, 11) is 0. The van der Waals surface area contributed by atoms with Crippen LogP contribution in [0.2, 0.25) is 0 Å². The minimum Gasteiger partial charge on any atom is -0.480 e. The number of H-pyrrole nitrogens is 1. The lowest BCUT2D eigenvalue weighted by Crippen LogP contribution is -2.40. The number of benzene rings is 1. The van der Waals surface area contributed by atoms with Crippen LogP contribution in [0.1, 0.15) is 35.0 Å². The summed E-state index contributed by atoms with van der Waals surface area (Å²) < 4.78 is 0. The van der Waals surface area contributed by atoms with Crippen molar-refractivity contribution in [3.05, 3.63) is 47.2 Å². The van der Waals surface area contributed by atoms with E-state index in [1.807, 2.05) is 32.9 Å². The molecule has 1 amide bonds. The first-order valence-corrected chi connectivity index (χ1v) is 7.17. The number of rotatable bonds is 5. The van der Waals surface area contributed by atoms with Gasteiger partial charge in [0.15, 0.2) is 0 Å². The molecule has 1 heterocycles. The van der Waals surface area contributed by atoms with Crippen LogP contribution in [-0.2, 0) is 4.79 Å². The molecule has 3 N–H and O–H groups in total. The molecule has 0 spiro atoms. The second-order valence-corrected chi connectivity index (χ2v) is 5.40. The molecule has 1 aromatic carbocycles. The van der Waals surface area contributed by atoms with E-state index < -0.39 is 17.9 Å². The summed E-state index contributed by atoms with van der Waals surface area (Å²) in [6, 6.07) is 4.84. The third-order valence-electron chi connectivity index (χ3n) is 3.54. The molecule has 22 heavy (non-hydrogen) atoms. The zero-order chi connectivity index (χ0) is 16.3. The third-order valence-corrected chi connectivity index (χ3v) is 3.54. The summed E-state index contributed by atoms with van der Waals surface area (Å²) in [4.78, 5) is 26.5. The van der Waals surface area contributed by atoms with Gasteiger partial charge in [-0.25, -0.2) is 4.79 Å². The van der Waals surface area contributed by atoms with Crippen LogP contribution in [0, 0.1) is 13.8 Å². The molecule has 0 bridgehead atoms. The van der Waals surface area contributed by atoms with E-state index in [2.05, 4.69) is 10.3 Å². The van der Waals surface area contributed by atoms with Crippen LogP contribution in [-0.4, -0.2) is 28.0 Å². The molecule has 0 aliphatic carbocycles. The van der Waals surface area contributed by atoms with Crippen molar-refractivity contribution in [3.8, 4) is 0 Å². The maximum absolute atomic E-state index is 12.3. The number of fused-ring (bicyclic) bond motifs is 1. The number of amides is 1. The van der Waals surface area contributed by atoms with E-state index in [1.165, 1.54) is 0 Å². The average molecular weight is 300 g/mol. The molecule has 5 nitrogen and oxygen atoms in total. The van der Waals surface area contributed by atoms with Gasteiger partial charge in [-0.2, -0.15) is 0 Å². The normalized spacial score (nSPS) is 12.7. The van der Waals surface area contributed by atoms with E-state index in [9.17, 15) is 9.59 Å². The molecule has 116 valence electrons. The van der Waals surface area contributed by atoms with Crippen LogP contribution in [0.15, 0.2) is 30.4 Å². The van der Waals surface area contributed by atoms with Gasteiger partial charge in [-0.3, -0.25) is 4.79 Å². The molecule has 5 heteroatoms. The smallest absolute Gasteiger partial charge is 0.326 e. The Labute approximate surface area is 129 Å². The molecular weight excluding hydrogens is 280 g/mol. The van der Waals surface area contributed by atoms with Gasteiger partial charge in [0.2, 0.25) is 0 Å². The quantitative estimate of drug-likeness (QED) is 0.742. The number of carbonyl (C=O) groups is 2. The van der Waals surface area contributed by atoms with Gasteiger partial charge in [-0.1, -0.05) is 18.2 Å². The highest BCUT2D eigenvalue weighted by Gasteiger charge is 2.20. The average Bonchev–Trinajstić information content (AvgIpc) is 2.87. The zero-order valence-corrected chi connectivity index (χ0v) is 12.9. The Bertz CT molecular complexity index is 744. The maximum atomic E-state index is 12.3. The van der Waals surface area contributed by atoms with Crippen molar-refractivity contribution in [2.45, 2.75) is 33.2 Å². The molecule has 0 fully saturated rings. The zero-order valence-electron chi connectivity index (χ0n) is 12.9. The van der Waals surface area contributed by atoms with Crippen LogP contribution < -0.4 is 5.32 Å². The molecule has 0 saturated carbocycles. The van der Waals surface area contributed by atoms with Gasteiger partial charge in [0, 0.05) is 10.9 Å². The first-order chi connectivity index (χ1) is 10.4. The maximum Gasteiger partial charge on any atom is 0.326 e. The molecule has 0 aliphatic heterocycles. The van der Waals surface area contributed by atoms with Gasteiger partial charge in [0.05, 0.1) is 0 Å². The van der Waals surface area contributed by atoms with Crippen LogP contribution in [0.3, 0.4) is 0 Å². The highest BCUT2D eigenvalue weighted by molar-refractivity contribution is 6.00. The van der Waals surface area contributed by atoms with E-state index >= 15 is 0 Å². The van der Waals surface area contributed by atoms with Gasteiger partial charge >= 0.3 is 5.97 Å². The number of aromatic amines is 1. The standard InChI is InChI=1S/C17H20N2O3/c1-4-5-6-13(17(21)22)19-16(20)15-9-12-11(3)7-10(2)8-14(12)18-15/h4-5,7-9,13,18H,6H2,1-3H3,(H,19,20)(H,21,22)/b5-4+. The van der Waals surface area contributed by atoms with E-state index in [4.69, 9.17) is 5.11 Å². The topological polar surface area (TPSA) is 82.2 Å². The highest BCUT2D eigenvalue weighted by atomic mass is 16.4. The van der Waals surface area contributed by atoms with E-state index in [1.54, 1.807) is 18.2 Å². The second-order valence-electron chi connectivity index (χ2n) is 5.40. The number of hydrogen-bond donors (Lipinski definition) is 3. The number of aromatic nitrogens is 1. The Morgan fingerprint density at radius 1 is 1.32 bits per heavy atom. The lowest BCUT2D eigenvalue weighted by atomic mass is 10.1. The van der Waals surface area contributed by atoms with Crippen LogP contribution >= 0.6 is 0 Å². The molecular formula is C17H20N2O3. The monoisotopic (exact) mass is 300 g/mol. The number of nitrogens with one attached hydrogen (secondary N) is 2. The predicted molar refractivity (Wildman–Crippen MR) is 86.1 cm³/mol. The SMILES string of the molecule is C/C=C/CC(NC(=O)c1cc2c(C)cc(C)cc2[nH]1)C(=O)O. The lowest BCUT2D eigenvalue weighted by Gasteiger charge is -2.11. The van der Waals surface area contributed by atoms with Gasteiger partial charge in [0.25, 0.3) is 5.91 Å². The number of carboxylic acid groups (broad SMARTS) is 1. The molecule has 2 aromatic rings. The number of carbonyl (C=O) groups excluding carboxylic acids is 1. The summed E-state index contributed by atoms with van der Waals surface area (Å²) in [5.74, 6) is -1.46. The Kier molecular flexibility index (Phi) is 4.65. The predicted octanol–water partition coefficient (Wildman–Crippen LogP) is 2.93. The fourth-order valence-corrected chi connectivity index (χ4v) is 2.45. The summed E-state index contributed by atoms with van der Waals surface area (Å²) in [6.07, 6.45) is 3.74. The molecule has 2 rings (SSSR count). The molecule has 0 aliphatic rings. The van der Waals surface area contributed by atoms with Crippen molar-refractivity contribution in [2.24, 2.45) is 0 Å². The van der Waals surface area contributed by atoms with Gasteiger partial charge in [-0.05, 0) is 50.5 Å². The fourth-order valence-electron chi connectivity index (χ4n) is 2.45. The summed E-state index contributed by atoms with van der Waals surface area (Å²) in [5, 5.41) is 12.7. The Balaban J connectivity index is 2.25. The largest absolute Gasteiger partial charge is 0.480 e. The van der Waals surface area contributed by atoms with Crippen LogP contribution in [0.5, 0.6) is 0 Å². The van der Waals surface area contributed by atoms with Crippen molar-refractivity contribution < 1.29 is 14.7 Å². The Morgan fingerprint density at radius 2 is 2.05 bits per heavy atom. The highest BCUT2D eigenvalue weighted by Crippen LogP contribution is 2.21. The van der Waals surface area contributed by atoms with Crippen molar-refractivity contribution in [2.75, 3.05) is 0 Å². The molecule has 1 atom stereocenters. The van der Waals surface area contributed by atoms with Crippen LogP contribution in [0.25, 0.3) is 10.9 Å². The van der Waals surface area contributed by atoms with Crippen molar-refractivity contribution >= 4 is 22.8 Å². The van der Waals surface area contributed by atoms with Crippen molar-refractivity contribution in [1.82, 2.24) is 10.3 Å². The molecule has 0 radical (unpaired) electrons. The van der Waals surface area contributed by atoms with E-state index in [0.29, 0.717) is 5.69 Å². The Morgan fingerprint density at radius 3 is 2.68 bits per heavy atom. The number of aryl methyl sites for hydroxylation is 2. The van der Waals surface area contributed by atoms with Crippen LogP contribution in [0.4, 0.5) is 0 Å². The number of carboxylic acids is 1. The van der Waals surface area contributed by atoms with E-state index in [-0.39, 0.29) is 6.42 Å².